The number of ether oxygens (including phenoxy) is 3. The predicted octanol–water partition coefficient (Wildman–Crippen LogP) is 6.61. The molecule has 0 radical (unpaired) electrons. The lowest BCUT2D eigenvalue weighted by Crippen LogP contribution is -2.34. The maximum absolute atomic E-state index is 11.3. The van der Waals surface area contributed by atoms with Crippen LogP contribution in [0, 0.1) is 5.41 Å². The van der Waals surface area contributed by atoms with Gasteiger partial charge in [0.15, 0.2) is 0 Å². The van der Waals surface area contributed by atoms with Crippen LogP contribution in [-0.4, -0.2) is 77.8 Å². The number of allylic oxidation sites excluding steroid dienone is 2. The molecule has 0 spiro atoms. The zero-order valence-corrected chi connectivity index (χ0v) is 26.8. The first kappa shape index (κ1) is 32.9. The number of hydrogen-bond donors (Lipinski definition) is 1. The molecule has 3 aromatic rings. The Morgan fingerprint density at radius 3 is 2.22 bits per heavy atom. The number of nitrogens with zero attached hydrogens (tertiary/aromatic N) is 4. The second kappa shape index (κ2) is 16.2. The van der Waals surface area contributed by atoms with Crippen molar-refractivity contribution in [2.45, 2.75) is 64.5 Å². The van der Waals surface area contributed by atoms with Crippen LogP contribution < -0.4 is 0 Å². The quantitative estimate of drug-likeness (QED) is 0.206. The fraction of sp³-hybridized carbons (Fsp3) is 0.500. The van der Waals surface area contributed by atoms with Crippen LogP contribution in [0.3, 0.4) is 0 Å². The lowest BCUT2D eigenvalue weighted by molar-refractivity contribution is -0.0397. The molecule has 5 rings (SSSR count). The lowest BCUT2D eigenvalue weighted by Gasteiger charge is -2.36. The van der Waals surface area contributed by atoms with Crippen molar-refractivity contribution in [3.8, 4) is 0 Å². The van der Waals surface area contributed by atoms with Crippen LogP contribution in [0.25, 0.3) is 5.57 Å². The standard InChI is InChI=1S/C36H48N4O5/c1-38(20-21-39(2)35(41)42)23-32-24-40(33-15-9-10-22-45-33)37-34(32)31-16-18-36(19-17-31,27-43-25-29-11-5-3-6-12-29)28-44-26-30-13-7-4-8-14-30/h3-8,11-14,16,24,33H,9-10,15,17-23,25-28H2,1-2H3,(H,41,42). The molecule has 1 amide bonds. The summed E-state index contributed by atoms with van der Waals surface area (Å²) in [6.07, 6.45) is 9.36. The Balaban J connectivity index is 1.31. The van der Waals surface area contributed by atoms with Gasteiger partial charge < -0.3 is 29.1 Å². The van der Waals surface area contributed by atoms with Gasteiger partial charge in [0.1, 0.15) is 6.23 Å². The second-order valence-corrected chi connectivity index (χ2v) is 12.6. The van der Waals surface area contributed by atoms with Gasteiger partial charge in [-0.3, -0.25) is 0 Å². The minimum atomic E-state index is -0.914. The third-order valence-electron chi connectivity index (χ3n) is 8.89. The van der Waals surface area contributed by atoms with Crippen molar-refractivity contribution in [2.24, 2.45) is 5.41 Å². The molecule has 2 aliphatic rings. The van der Waals surface area contributed by atoms with E-state index in [1.54, 1.807) is 7.05 Å². The van der Waals surface area contributed by atoms with Crippen LogP contribution >= 0.6 is 0 Å². The van der Waals surface area contributed by atoms with E-state index in [1.807, 2.05) is 48.1 Å². The zero-order chi connectivity index (χ0) is 31.5. The molecule has 1 atom stereocenters. The highest BCUT2D eigenvalue weighted by Crippen LogP contribution is 2.41. The van der Waals surface area contributed by atoms with E-state index in [1.165, 1.54) is 21.6 Å². The molecule has 0 bridgehead atoms. The Morgan fingerprint density at radius 2 is 1.67 bits per heavy atom. The van der Waals surface area contributed by atoms with E-state index in [-0.39, 0.29) is 11.6 Å². The number of likely N-dealkylation sites (N-methyl/N-ethyl adjacent to an activating group) is 2. The highest BCUT2D eigenvalue weighted by atomic mass is 16.5. The summed E-state index contributed by atoms with van der Waals surface area (Å²) >= 11 is 0. The van der Waals surface area contributed by atoms with Gasteiger partial charge in [-0.05, 0) is 62.3 Å². The van der Waals surface area contributed by atoms with Crippen molar-refractivity contribution in [2.75, 3.05) is 47.0 Å². The topological polar surface area (TPSA) is 89.3 Å². The van der Waals surface area contributed by atoms with Crippen LogP contribution in [0.2, 0.25) is 0 Å². The number of carboxylic acid groups (broad SMARTS) is 1. The molecular weight excluding hydrogens is 568 g/mol. The summed E-state index contributed by atoms with van der Waals surface area (Å²) < 4.78 is 20.8. The second-order valence-electron chi connectivity index (χ2n) is 12.6. The Kier molecular flexibility index (Phi) is 11.8. The molecule has 1 aliphatic heterocycles. The number of benzene rings is 2. The number of aromatic nitrogens is 2. The van der Waals surface area contributed by atoms with Crippen LogP contribution in [0.1, 0.15) is 67.1 Å². The van der Waals surface area contributed by atoms with Gasteiger partial charge in [-0.25, -0.2) is 9.48 Å². The van der Waals surface area contributed by atoms with E-state index in [4.69, 9.17) is 19.3 Å². The number of hydrogen-bond acceptors (Lipinski definition) is 6. The summed E-state index contributed by atoms with van der Waals surface area (Å²) in [5.41, 5.74) is 5.63. The van der Waals surface area contributed by atoms with Crippen LogP contribution in [0.5, 0.6) is 0 Å². The monoisotopic (exact) mass is 616 g/mol. The summed E-state index contributed by atoms with van der Waals surface area (Å²) in [5.74, 6) is 0. The molecule has 2 aromatic carbocycles. The minimum absolute atomic E-state index is 0.0456. The van der Waals surface area contributed by atoms with E-state index in [0.29, 0.717) is 46.1 Å². The first-order valence-electron chi connectivity index (χ1n) is 16.2. The highest BCUT2D eigenvalue weighted by Gasteiger charge is 2.34. The summed E-state index contributed by atoms with van der Waals surface area (Å²) in [7, 11) is 3.63. The van der Waals surface area contributed by atoms with E-state index in [2.05, 4.69) is 41.4 Å². The maximum atomic E-state index is 11.3. The van der Waals surface area contributed by atoms with Crippen molar-refractivity contribution in [3.63, 3.8) is 0 Å². The fourth-order valence-corrected chi connectivity index (χ4v) is 6.06. The molecule has 1 aromatic heterocycles. The van der Waals surface area contributed by atoms with Crippen molar-refractivity contribution in [1.29, 1.82) is 0 Å². The summed E-state index contributed by atoms with van der Waals surface area (Å²) in [4.78, 5) is 14.8. The fourth-order valence-electron chi connectivity index (χ4n) is 6.06. The van der Waals surface area contributed by atoms with Gasteiger partial charge in [-0.15, -0.1) is 0 Å². The largest absolute Gasteiger partial charge is 0.465 e. The average Bonchev–Trinajstić information content (AvgIpc) is 3.49. The van der Waals surface area contributed by atoms with Gasteiger partial charge in [0, 0.05) is 50.5 Å². The van der Waals surface area contributed by atoms with Crippen molar-refractivity contribution in [3.05, 3.63) is 95.3 Å². The molecule has 2 heterocycles. The first-order chi connectivity index (χ1) is 21.9. The summed E-state index contributed by atoms with van der Waals surface area (Å²) in [5, 5.41) is 14.4. The van der Waals surface area contributed by atoms with Crippen molar-refractivity contribution in [1.82, 2.24) is 19.6 Å². The predicted molar refractivity (Wildman–Crippen MR) is 175 cm³/mol. The van der Waals surface area contributed by atoms with E-state index >= 15 is 0 Å². The lowest BCUT2D eigenvalue weighted by atomic mass is 9.75. The van der Waals surface area contributed by atoms with Crippen molar-refractivity contribution < 1.29 is 24.1 Å². The SMILES string of the molecule is CN(CCN(C)C(=O)O)Cc1cn(C2CCCCO2)nc1C1=CCC(COCc2ccccc2)(COCc2ccccc2)CC1. The molecule has 1 aliphatic carbocycles. The summed E-state index contributed by atoms with van der Waals surface area (Å²) in [6.45, 7) is 4.92. The van der Waals surface area contributed by atoms with E-state index in [9.17, 15) is 9.90 Å². The Morgan fingerprint density at radius 1 is 1.00 bits per heavy atom. The third kappa shape index (κ3) is 9.50. The smallest absolute Gasteiger partial charge is 0.407 e. The number of carbonyl (C=O) groups is 1. The van der Waals surface area contributed by atoms with Gasteiger partial charge in [-0.2, -0.15) is 5.10 Å². The molecule has 242 valence electrons. The van der Waals surface area contributed by atoms with Crippen LogP contribution in [-0.2, 0) is 34.0 Å². The van der Waals surface area contributed by atoms with Gasteiger partial charge >= 0.3 is 6.09 Å². The molecular formula is C36H48N4O5. The van der Waals surface area contributed by atoms with Crippen molar-refractivity contribution >= 4 is 11.7 Å². The number of rotatable bonds is 15. The molecule has 1 fully saturated rings. The van der Waals surface area contributed by atoms with Crippen LogP contribution in [0.15, 0.2) is 72.9 Å². The Hall–Kier alpha value is -3.50. The van der Waals surface area contributed by atoms with Crippen LogP contribution in [0.4, 0.5) is 4.79 Å². The third-order valence-corrected chi connectivity index (χ3v) is 8.89. The Bertz CT molecular complexity index is 1330. The van der Waals surface area contributed by atoms with Gasteiger partial charge in [-0.1, -0.05) is 66.7 Å². The minimum Gasteiger partial charge on any atom is -0.465 e. The van der Waals surface area contributed by atoms with Gasteiger partial charge in [0.2, 0.25) is 0 Å². The van der Waals surface area contributed by atoms with E-state index < -0.39 is 6.09 Å². The van der Waals surface area contributed by atoms with Gasteiger partial charge in [0.05, 0.1) is 32.1 Å². The normalized spacial score (nSPS) is 18.1. The Labute approximate surface area is 267 Å². The molecule has 1 unspecified atom stereocenters. The molecule has 45 heavy (non-hydrogen) atoms. The summed E-state index contributed by atoms with van der Waals surface area (Å²) in [6, 6.07) is 20.6. The maximum Gasteiger partial charge on any atom is 0.407 e. The highest BCUT2D eigenvalue weighted by molar-refractivity contribution is 5.66. The molecule has 0 saturated carbocycles. The molecule has 1 saturated heterocycles. The zero-order valence-electron chi connectivity index (χ0n) is 26.8. The average molecular weight is 617 g/mol. The molecule has 9 heteroatoms. The molecule has 9 nitrogen and oxygen atoms in total. The van der Waals surface area contributed by atoms with E-state index in [0.717, 1.165) is 56.4 Å². The molecule has 1 N–H and O–H groups in total. The first-order valence-corrected chi connectivity index (χ1v) is 16.2. The number of amides is 1. The van der Waals surface area contributed by atoms with Gasteiger partial charge in [0.25, 0.3) is 0 Å².